The highest BCUT2D eigenvalue weighted by atomic mass is 32.2. The van der Waals surface area contributed by atoms with Crippen molar-refractivity contribution < 1.29 is 22.8 Å². The van der Waals surface area contributed by atoms with E-state index in [-0.39, 0.29) is 28.9 Å². The number of hydrogen-bond donors (Lipinski definition) is 1. The molecule has 0 bridgehead atoms. The van der Waals surface area contributed by atoms with Crippen molar-refractivity contribution in [3.05, 3.63) is 60.3 Å². The maximum atomic E-state index is 13.3. The molecule has 1 fully saturated rings. The molecule has 6 nitrogen and oxygen atoms in total. The van der Waals surface area contributed by atoms with Gasteiger partial charge in [-0.1, -0.05) is 0 Å². The largest absolute Gasteiger partial charge is 0.446 e. The third-order valence-electron chi connectivity index (χ3n) is 5.34. The number of anilines is 2. The van der Waals surface area contributed by atoms with Gasteiger partial charge in [0.25, 0.3) is 5.91 Å². The van der Waals surface area contributed by atoms with Crippen LogP contribution < -0.4 is 10.6 Å². The van der Waals surface area contributed by atoms with Crippen LogP contribution in [-0.4, -0.2) is 32.9 Å². The number of imide groups is 1. The zero-order valence-electron chi connectivity index (χ0n) is 17.2. The fraction of sp³-hybridized carbons (Fsp3) is 0.227. The number of nitrogens with two attached hydrogens (primary N) is 1. The molecule has 2 aromatic carbocycles. The number of hydrogen-bond acceptors (Lipinski definition) is 5. The number of pyridine rings is 1. The number of thioether (sulfide) groups is 1. The molecule has 0 atom stereocenters. The molecule has 1 saturated heterocycles. The maximum absolute atomic E-state index is 13.3. The minimum absolute atomic E-state index is 0.0303. The predicted molar refractivity (Wildman–Crippen MR) is 117 cm³/mol. The van der Waals surface area contributed by atoms with Gasteiger partial charge in [0.2, 0.25) is 0 Å². The number of fused-ring (bicyclic) bond motifs is 1. The van der Waals surface area contributed by atoms with Crippen LogP contribution in [0.3, 0.4) is 0 Å². The third-order valence-corrected chi connectivity index (χ3v) is 6.08. The first-order chi connectivity index (χ1) is 15.0. The lowest BCUT2D eigenvalue weighted by Crippen LogP contribution is -2.43. The van der Waals surface area contributed by atoms with Gasteiger partial charge in [0.15, 0.2) is 0 Å². The standard InChI is InChI=1S/C22H19F3N4O2S/c1-21(2)19(30)29(15-4-6-16(7-5-15)32-22(23,24)25)20(31)28(21)12-13-9-10-27-18-8-3-14(26)11-17(13)18/h3-11H,12,26H2,1-2H3. The van der Waals surface area contributed by atoms with E-state index in [0.717, 1.165) is 15.8 Å². The predicted octanol–water partition coefficient (Wildman–Crippen LogP) is 5.18. The minimum Gasteiger partial charge on any atom is -0.399 e. The lowest BCUT2D eigenvalue weighted by Gasteiger charge is -2.28. The Bertz CT molecular complexity index is 1210. The maximum Gasteiger partial charge on any atom is 0.446 e. The van der Waals surface area contributed by atoms with E-state index in [0.29, 0.717) is 11.2 Å². The summed E-state index contributed by atoms with van der Waals surface area (Å²) in [4.78, 5) is 33.1. The summed E-state index contributed by atoms with van der Waals surface area (Å²) < 4.78 is 37.8. The van der Waals surface area contributed by atoms with Gasteiger partial charge in [-0.3, -0.25) is 9.78 Å². The monoisotopic (exact) mass is 460 g/mol. The number of amides is 3. The van der Waals surface area contributed by atoms with E-state index in [1.165, 1.54) is 29.2 Å². The first-order valence-electron chi connectivity index (χ1n) is 9.62. The molecule has 3 aromatic rings. The van der Waals surface area contributed by atoms with Crippen molar-refractivity contribution in [2.45, 2.75) is 36.3 Å². The molecule has 2 N–H and O–H groups in total. The van der Waals surface area contributed by atoms with Gasteiger partial charge >= 0.3 is 11.5 Å². The van der Waals surface area contributed by atoms with Gasteiger partial charge < -0.3 is 10.6 Å². The Labute approximate surface area is 186 Å². The molecule has 1 aliphatic heterocycles. The van der Waals surface area contributed by atoms with Crippen LogP contribution in [0.5, 0.6) is 0 Å². The lowest BCUT2D eigenvalue weighted by molar-refractivity contribution is -0.123. The van der Waals surface area contributed by atoms with Gasteiger partial charge in [-0.05, 0) is 79.7 Å². The molecule has 1 aromatic heterocycles. The summed E-state index contributed by atoms with van der Waals surface area (Å²) in [6.45, 7) is 3.41. The number of carbonyl (C=O) groups excluding carboxylic acids is 2. The van der Waals surface area contributed by atoms with Crippen LogP contribution in [0.15, 0.2) is 59.6 Å². The van der Waals surface area contributed by atoms with Crippen molar-refractivity contribution in [2.75, 3.05) is 10.6 Å². The Morgan fingerprint density at radius 3 is 2.41 bits per heavy atom. The lowest BCUT2D eigenvalue weighted by atomic mass is 10.0. The van der Waals surface area contributed by atoms with E-state index >= 15 is 0 Å². The van der Waals surface area contributed by atoms with Crippen molar-refractivity contribution in [2.24, 2.45) is 0 Å². The van der Waals surface area contributed by atoms with E-state index in [1.807, 2.05) is 0 Å². The highest BCUT2D eigenvalue weighted by Gasteiger charge is 2.51. The van der Waals surface area contributed by atoms with Gasteiger partial charge in [-0.15, -0.1) is 0 Å². The number of nitrogen functional groups attached to an aromatic ring is 1. The molecule has 0 spiro atoms. The zero-order valence-corrected chi connectivity index (χ0v) is 18.0. The number of benzene rings is 2. The molecule has 10 heteroatoms. The van der Waals surface area contributed by atoms with E-state index in [2.05, 4.69) is 4.98 Å². The van der Waals surface area contributed by atoms with Crippen LogP contribution in [0.25, 0.3) is 10.9 Å². The van der Waals surface area contributed by atoms with E-state index in [4.69, 9.17) is 5.73 Å². The molecule has 0 radical (unpaired) electrons. The Kier molecular flexibility index (Phi) is 5.28. The minimum atomic E-state index is -4.42. The number of carbonyl (C=O) groups is 2. The molecular formula is C22H19F3N4O2S. The second-order valence-electron chi connectivity index (χ2n) is 7.86. The number of alkyl halides is 3. The van der Waals surface area contributed by atoms with Crippen molar-refractivity contribution >= 4 is 46.0 Å². The SMILES string of the molecule is CC1(C)C(=O)N(c2ccc(SC(F)(F)F)cc2)C(=O)N1Cc1ccnc2ccc(N)cc12. The number of rotatable bonds is 4. The molecule has 32 heavy (non-hydrogen) atoms. The number of nitrogens with zero attached hydrogens (tertiary/aromatic N) is 3. The summed E-state index contributed by atoms with van der Waals surface area (Å²) in [6, 6.07) is 11.6. The molecule has 1 aliphatic rings. The normalized spacial score (nSPS) is 16.3. The second-order valence-corrected chi connectivity index (χ2v) is 9.00. The van der Waals surface area contributed by atoms with Crippen LogP contribution in [0.2, 0.25) is 0 Å². The summed E-state index contributed by atoms with van der Waals surface area (Å²) in [7, 11) is 0. The Morgan fingerprint density at radius 2 is 1.75 bits per heavy atom. The van der Waals surface area contributed by atoms with E-state index in [1.54, 1.807) is 44.3 Å². The number of urea groups is 1. The first-order valence-corrected chi connectivity index (χ1v) is 10.4. The second kappa shape index (κ2) is 7.70. The number of aromatic nitrogens is 1. The summed E-state index contributed by atoms with van der Waals surface area (Å²) in [5.41, 5.74) is 2.58. The average molecular weight is 460 g/mol. The van der Waals surface area contributed by atoms with Gasteiger partial charge in [0.1, 0.15) is 5.54 Å². The number of halogens is 3. The quantitative estimate of drug-likeness (QED) is 0.330. The van der Waals surface area contributed by atoms with Crippen molar-refractivity contribution in [1.29, 1.82) is 0 Å². The van der Waals surface area contributed by atoms with E-state index < -0.39 is 23.0 Å². The topological polar surface area (TPSA) is 79.5 Å². The van der Waals surface area contributed by atoms with Gasteiger partial charge in [-0.25, -0.2) is 9.69 Å². The fourth-order valence-electron chi connectivity index (χ4n) is 3.65. The Morgan fingerprint density at radius 1 is 1.06 bits per heavy atom. The van der Waals surface area contributed by atoms with Crippen LogP contribution in [0.1, 0.15) is 19.4 Å². The molecule has 4 rings (SSSR count). The van der Waals surface area contributed by atoms with Gasteiger partial charge in [0, 0.05) is 28.7 Å². The van der Waals surface area contributed by atoms with Crippen molar-refractivity contribution in [3.63, 3.8) is 0 Å². The summed E-state index contributed by atoms with van der Waals surface area (Å²) >= 11 is -0.257. The Hall–Kier alpha value is -3.27. The fourth-order valence-corrected chi connectivity index (χ4v) is 4.19. The third kappa shape index (κ3) is 3.97. The highest BCUT2D eigenvalue weighted by molar-refractivity contribution is 8.00. The first kappa shape index (κ1) is 21.9. The summed E-state index contributed by atoms with van der Waals surface area (Å²) in [5, 5.41) is 0.774. The molecule has 166 valence electrons. The van der Waals surface area contributed by atoms with Crippen LogP contribution in [0, 0.1) is 0 Å². The molecule has 0 unspecified atom stereocenters. The molecule has 3 amide bonds. The van der Waals surface area contributed by atoms with Crippen molar-refractivity contribution in [1.82, 2.24) is 9.88 Å². The van der Waals surface area contributed by atoms with Crippen LogP contribution >= 0.6 is 11.8 Å². The molecule has 0 aliphatic carbocycles. The van der Waals surface area contributed by atoms with Crippen LogP contribution in [-0.2, 0) is 11.3 Å². The average Bonchev–Trinajstić information content (AvgIpc) is 2.87. The molecule has 2 heterocycles. The van der Waals surface area contributed by atoms with Gasteiger partial charge in [-0.2, -0.15) is 13.2 Å². The smallest absolute Gasteiger partial charge is 0.399 e. The zero-order chi connectivity index (χ0) is 23.3. The van der Waals surface area contributed by atoms with E-state index in [9.17, 15) is 22.8 Å². The molecular weight excluding hydrogens is 441 g/mol. The summed E-state index contributed by atoms with van der Waals surface area (Å²) in [6.07, 6.45) is 1.62. The van der Waals surface area contributed by atoms with Crippen LogP contribution in [0.4, 0.5) is 29.3 Å². The Balaban J connectivity index is 1.65. The van der Waals surface area contributed by atoms with Gasteiger partial charge in [0.05, 0.1) is 11.2 Å². The molecule has 0 saturated carbocycles. The van der Waals surface area contributed by atoms with Crippen molar-refractivity contribution in [3.8, 4) is 0 Å². The summed E-state index contributed by atoms with van der Waals surface area (Å²) in [5.74, 6) is -0.461. The highest BCUT2D eigenvalue weighted by Crippen LogP contribution is 2.39.